The largest absolute Gasteiger partial charge is 1.00 e. The fourth-order valence-corrected chi connectivity index (χ4v) is 10.5. The van der Waals surface area contributed by atoms with E-state index in [-0.39, 0.29) is 35.0 Å². The van der Waals surface area contributed by atoms with Crippen molar-refractivity contribution in [1.82, 2.24) is 9.21 Å². The van der Waals surface area contributed by atoms with Gasteiger partial charge in [0.2, 0.25) is 5.91 Å². The topological polar surface area (TPSA) is 155 Å². The lowest BCUT2D eigenvalue weighted by Gasteiger charge is -2.55. The van der Waals surface area contributed by atoms with Gasteiger partial charge in [-0.2, -0.15) is 0 Å². The molecule has 2 aromatic rings. The molecule has 4 atom stereocenters. The summed E-state index contributed by atoms with van der Waals surface area (Å²) in [6, 6.07) is 7.96. The molecule has 0 aromatic heterocycles. The summed E-state index contributed by atoms with van der Waals surface area (Å²) in [5.41, 5.74) is 0.913. The van der Waals surface area contributed by atoms with E-state index in [4.69, 9.17) is 0 Å². The van der Waals surface area contributed by atoms with E-state index in [2.05, 4.69) is 0 Å². The molecule has 254 valence electrons. The Morgan fingerprint density at radius 1 is 1.04 bits per heavy atom. The number of hydrogen-bond donors (Lipinski definition) is 2. The van der Waals surface area contributed by atoms with Crippen LogP contribution >= 0.6 is 0 Å². The zero-order chi connectivity index (χ0) is 32.8. The summed E-state index contributed by atoms with van der Waals surface area (Å²) in [4.78, 5) is 40.0. The van der Waals surface area contributed by atoms with Crippen molar-refractivity contribution in [2.75, 3.05) is 65.5 Å². The van der Waals surface area contributed by atoms with Crippen LogP contribution in [0.2, 0.25) is 0 Å². The van der Waals surface area contributed by atoms with Crippen LogP contribution in [0.15, 0.2) is 46.5 Å². The highest BCUT2D eigenvalue weighted by Crippen LogP contribution is 2.48. The van der Waals surface area contributed by atoms with Crippen molar-refractivity contribution in [2.24, 2.45) is 11.8 Å². The zero-order valence-corrected chi connectivity index (χ0v) is 28.2. The first-order chi connectivity index (χ1) is 21.8. The van der Waals surface area contributed by atoms with E-state index in [0.29, 0.717) is 9.69 Å². The molecule has 4 fully saturated rings. The predicted octanol–water partition coefficient (Wildman–Crippen LogP) is -3.56. The molecule has 6 heterocycles. The third-order valence-corrected chi connectivity index (χ3v) is 13.5. The minimum absolute atomic E-state index is 0. The summed E-state index contributed by atoms with van der Waals surface area (Å²) in [6.07, 6.45) is 0.553. The number of aliphatic carboxylic acids is 1. The molecule has 2 aromatic carbocycles. The number of rotatable bonds is 10. The first kappa shape index (κ1) is 33.8. The fraction of sp³-hybridized carbons (Fsp3) is 0.545. The number of piperazine rings is 3. The second-order valence-electron chi connectivity index (χ2n) is 14.0. The Balaban J connectivity index is 0.00000386. The molecule has 2 N–H and O–H groups in total. The van der Waals surface area contributed by atoms with Gasteiger partial charge in [-0.05, 0) is 35.6 Å². The normalized spacial score (nSPS) is 31.1. The van der Waals surface area contributed by atoms with E-state index in [1.165, 1.54) is 6.92 Å². The first-order valence-electron chi connectivity index (χ1n) is 16.2. The van der Waals surface area contributed by atoms with Gasteiger partial charge in [-0.15, -0.1) is 0 Å². The van der Waals surface area contributed by atoms with Crippen molar-refractivity contribution >= 4 is 38.6 Å². The average Bonchev–Trinajstić information content (AvgIpc) is 3.28. The highest BCUT2D eigenvalue weighted by atomic mass is 35.5. The summed E-state index contributed by atoms with van der Waals surface area (Å²) < 4.78 is 31.0. The number of benzene rings is 2. The summed E-state index contributed by atoms with van der Waals surface area (Å²) in [6.45, 7) is 11.3. The molecular formula is C33H41ClN4O8S. The number of hydrogen-bond acceptors (Lipinski definition) is 8. The monoisotopic (exact) mass is 688 g/mol. The maximum Gasteiger partial charge on any atom is 0.268 e. The van der Waals surface area contributed by atoms with E-state index < -0.39 is 64.0 Å². The number of carboxylic acid groups (broad SMARTS) is 1. The molecule has 0 aliphatic carbocycles. The van der Waals surface area contributed by atoms with Crippen LogP contribution in [0.5, 0.6) is 0 Å². The number of amides is 2. The van der Waals surface area contributed by atoms with Crippen molar-refractivity contribution in [3.8, 4) is 0 Å². The molecule has 47 heavy (non-hydrogen) atoms. The van der Waals surface area contributed by atoms with Crippen LogP contribution in [0.25, 0.3) is 10.8 Å². The number of aliphatic hydroxyl groups is 2. The van der Waals surface area contributed by atoms with Crippen LogP contribution in [0.1, 0.15) is 36.2 Å². The van der Waals surface area contributed by atoms with Gasteiger partial charge in [0.1, 0.15) is 39.3 Å². The van der Waals surface area contributed by atoms with Gasteiger partial charge in [-0.1, -0.05) is 25.1 Å². The van der Waals surface area contributed by atoms with Crippen molar-refractivity contribution in [3.63, 3.8) is 0 Å². The molecular weight excluding hydrogens is 648 g/mol. The highest BCUT2D eigenvalue weighted by Gasteiger charge is 2.59. The lowest BCUT2D eigenvalue weighted by molar-refractivity contribution is -1.08. The minimum Gasteiger partial charge on any atom is -1.00 e. The lowest BCUT2D eigenvalue weighted by Crippen LogP contribution is -3.00. The number of carboxylic acids is 1. The smallest absolute Gasteiger partial charge is 0.268 e. The molecule has 2 amide bonds. The molecule has 2 bridgehead atoms. The van der Waals surface area contributed by atoms with Crippen LogP contribution in [-0.2, 0) is 26.0 Å². The number of halogens is 1. The molecule has 6 aliphatic heterocycles. The third-order valence-electron chi connectivity index (χ3n) is 11.7. The van der Waals surface area contributed by atoms with E-state index in [1.54, 1.807) is 25.1 Å². The van der Waals surface area contributed by atoms with Crippen molar-refractivity contribution < 1.29 is 59.5 Å². The number of carbonyl (C=O) groups is 3. The van der Waals surface area contributed by atoms with Crippen LogP contribution in [0.3, 0.4) is 0 Å². The molecule has 0 saturated carbocycles. The third kappa shape index (κ3) is 5.00. The number of carbonyl (C=O) groups excluding carboxylic acids is 3. The van der Waals surface area contributed by atoms with E-state index >= 15 is 0 Å². The molecule has 14 heteroatoms. The molecule has 8 rings (SSSR count). The van der Waals surface area contributed by atoms with Gasteiger partial charge in [0.25, 0.3) is 15.9 Å². The fourth-order valence-electron chi connectivity index (χ4n) is 8.94. The Morgan fingerprint density at radius 2 is 1.68 bits per heavy atom. The standard InChI is InChI=1S/C33H41N4O8S.ClH/c1-20-25(30(33(42)43)35-29(20)27(21(2)39)32(35)41)19-34-31(40)24-6-3-5-23-22(7-8-26(28(23)24)46(34,44)45)9-11-37-15-12-36(13-16-37,14-17-37)10-4-18-38;/h3,5-8,20-21,27,29,38-39H,4,9-19H2,1-2H3;1H/q+1;/p-1/t20-,21+,27+,29+,36?,37?;/m0./s1. The Morgan fingerprint density at radius 3 is 2.28 bits per heavy atom. The Kier molecular flexibility index (Phi) is 8.50. The number of β-lactam (4-membered cyclic amide) rings is 1. The zero-order valence-electron chi connectivity index (χ0n) is 26.6. The van der Waals surface area contributed by atoms with Gasteiger partial charge in [0.15, 0.2) is 0 Å². The van der Waals surface area contributed by atoms with Crippen molar-refractivity contribution in [1.29, 1.82) is 0 Å². The minimum atomic E-state index is -4.37. The summed E-state index contributed by atoms with van der Waals surface area (Å²) in [7, 11) is -4.37. The second-order valence-corrected chi connectivity index (χ2v) is 15.8. The average molecular weight is 689 g/mol. The maximum atomic E-state index is 14.1. The quantitative estimate of drug-likeness (QED) is 0.192. The van der Waals surface area contributed by atoms with Gasteiger partial charge in [-0.25, -0.2) is 12.7 Å². The molecule has 0 radical (unpaired) electrons. The summed E-state index contributed by atoms with van der Waals surface area (Å²) in [5.74, 6) is -4.36. The van der Waals surface area contributed by atoms with Crippen LogP contribution < -0.4 is 17.5 Å². The van der Waals surface area contributed by atoms with Crippen molar-refractivity contribution in [2.45, 2.75) is 43.7 Å². The molecule has 0 unspecified atom stereocenters. The second kappa shape index (κ2) is 11.8. The van der Waals surface area contributed by atoms with Crippen LogP contribution in [0.4, 0.5) is 0 Å². The molecule has 4 saturated heterocycles. The van der Waals surface area contributed by atoms with E-state index in [1.807, 2.05) is 12.1 Å². The number of fused-ring (bicyclic) bond motifs is 4. The molecule has 12 nitrogen and oxygen atoms in total. The van der Waals surface area contributed by atoms with Gasteiger partial charge >= 0.3 is 0 Å². The SMILES string of the molecule is C[C@@H](O)[C@H]1C(=O)N2C(C(=O)[O-])=C(CN3C(=O)c4cccc5c(CC[N+]67CC[N+](CCCO)(CC6)CC7)ccc(c45)S3(=O)=O)[C@H](C)[C@H]12.[Cl-]. The van der Waals surface area contributed by atoms with E-state index in [0.717, 1.165) is 90.0 Å². The van der Waals surface area contributed by atoms with Crippen LogP contribution in [-0.4, -0.2) is 132 Å². The first-order valence-corrected chi connectivity index (χ1v) is 17.7. The lowest BCUT2D eigenvalue weighted by atomic mass is 9.78. The number of quaternary nitrogens is 2. The molecule has 6 aliphatic rings. The van der Waals surface area contributed by atoms with Gasteiger partial charge in [0.05, 0.1) is 54.3 Å². The summed E-state index contributed by atoms with van der Waals surface area (Å²) >= 11 is 0. The van der Waals surface area contributed by atoms with E-state index in [9.17, 15) is 38.1 Å². The summed E-state index contributed by atoms with van der Waals surface area (Å²) in [5, 5.41) is 32.8. The number of sulfonamides is 1. The van der Waals surface area contributed by atoms with Gasteiger partial charge in [-0.3, -0.25) is 9.59 Å². The predicted molar refractivity (Wildman–Crippen MR) is 164 cm³/mol. The Labute approximate surface area is 280 Å². The van der Waals surface area contributed by atoms with Crippen LogP contribution in [0, 0.1) is 11.8 Å². The Hall–Kier alpha value is -3.07. The molecule has 0 spiro atoms. The number of nitrogens with zero attached hydrogens (tertiary/aromatic N) is 4. The van der Waals surface area contributed by atoms with Gasteiger partial charge in [0, 0.05) is 36.3 Å². The van der Waals surface area contributed by atoms with Crippen molar-refractivity contribution in [3.05, 3.63) is 52.7 Å². The highest BCUT2D eigenvalue weighted by molar-refractivity contribution is 7.90. The number of aliphatic hydroxyl groups excluding tert-OH is 2. The Bertz CT molecular complexity index is 1790. The van der Waals surface area contributed by atoms with Gasteiger partial charge < -0.3 is 46.4 Å². The maximum absolute atomic E-state index is 14.1.